The number of nitrogens with one attached hydrogen (secondary N) is 1. The number of carboxylic acids is 1. The third-order valence-electron chi connectivity index (χ3n) is 5.34. The Kier molecular flexibility index (Phi) is 5.96. The van der Waals surface area contributed by atoms with Gasteiger partial charge in [0.15, 0.2) is 0 Å². The minimum atomic E-state index is -4.02. The molecule has 0 saturated carbocycles. The van der Waals surface area contributed by atoms with Gasteiger partial charge in [0, 0.05) is 5.02 Å². The summed E-state index contributed by atoms with van der Waals surface area (Å²) in [5.74, 6) is -1.15. The highest BCUT2D eigenvalue weighted by atomic mass is 35.5. The molecule has 1 atom stereocenters. The molecule has 0 amide bonds. The van der Waals surface area contributed by atoms with Crippen LogP contribution in [0, 0.1) is 13.8 Å². The number of sulfonamides is 1. The smallest absolute Gasteiger partial charge is 0.333 e. The van der Waals surface area contributed by atoms with Crippen molar-refractivity contribution in [3.8, 4) is 0 Å². The Bertz CT molecular complexity index is 1180. The van der Waals surface area contributed by atoms with Gasteiger partial charge in [0.2, 0.25) is 10.0 Å². The summed E-state index contributed by atoms with van der Waals surface area (Å²) in [6, 6.07) is 12.6. The lowest BCUT2D eigenvalue weighted by atomic mass is 9.77. The zero-order valence-electron chi connectivity index (χ0n) is 17.3. The SMILES string of the molecule is CC1=C(C(=O)O)C(C)(NS(=O)(=O)c2cc(C)c(Cl)cc2C)CC(c2ccccc2)=C1. The van der Waals surface area contributed by atoms with Gasteiger partial charge in [-0.1, -0.05) is 48.0 Å². The first kappa shape index (κ1) is 22.3. The number of benzene rings is 2. The number of halogens is 1. The van der Waals surface area contributed by atoms with Crippen LogP contribution in [0.5, 0.6) is 0 Å². The maximum absolute atomic E-state index is 13.3. The molecule has 0 aromatic heterocycles. The fourth-order valence-electron chi connectivity index (χ4n) is 4.01. The van der Waals surface area contributed by atoms with E-state index in [1.54, 1.807) is 33.8 Å². The molecular weight excluding hydrogens is 422 g/mol. The summed E-state index contributed by atoms with van der Waals surface area (Å²) in [6.07, 6.45) is 2.02. The number of aliphatic carboxylic acids is 1. The normalized spacial score (nSPS) is 19.6. The molecule has 0 bridgehead atoms. The fourth-order valence-corrected chi connectivity index (χ4v) is 5.92. The standard InChI is InChI=1S/C23H24ClNO4S/c1-14-12-20(15(2)11-19(14)24)30(28,29)25-23(4)13-18(17-8-6-5-7-9-17)10-16(3)21(23)22(26)27/h5-12,25H,13H2,1-4H3,(H,26,27). The van der Waals surface area contributed by atoms with E-state index < -0.39 is 21.5 Å². The number of rotatable bonds is 5. The molecule has 0 heterocycles. The summed E-state index contributed by atoms with van der Waals surface area (Å²) < 4.78 is 29.3. The van der Waals surface area contributed by atoms with Crippen molar-refractivity contribution in [2.75, 3.05) is 0 Å². The van der Waals surface area contributed by atoms with Crippen molar-refractivity contribution in [3.05, 3.63) is 81.4 Å². The largest absolute Gasteiger partial charge is 0.478 e. The molecular formula is C23H24ClNO4S. The van der Waals surface area contributed by atoms with Gasteiger partial charge in [-0.25, -0.2) is 17.9 Å². The van der Waals surface area contributed by atoms with E-state index in [1.807, 2.05) is 36.4 Å². The van der Waals surface area contributed by atoms with Gasteiger partial charge in [-0.3, -0.25) is 0 Å². The average Bonchev–Trinajstić information content (AvgIpc) is 2.63. The molecule has 0 saturated heterocycles. The second-order valence-corrected chi connectivity index (χ2v) is 9.94. The summed E-state index contributed by atoms with van der Waals surface area (Å²) in [7, 11) is -4.02. The van der Waals surface area contributed by atoms with E-state index in [-0.39, 0.29) is 16.9 Å². The molecule has 2 aromatic rings. The van der Waals surface area contributed by atoms with Crippen LogP contribution in [0.4, 0.5) is 0 Å². The van der Waals surface area contributed by atoms with Crippen LogP contribution in [0.1, 0.15) is 37.0 Å². The van der Waals surface area contributed by atoms with Gasteiger partial charge >= 0.3 is 5.97 Å². The van der Waals surface area contributed by atoms with E-state index in [0.717, 1.165) is 11.1 Å². The molecule has 2 N–H and O–H groups in total. The van der Waals surface area contributed by atoms with E-state index >= 15 is 0 Å². The van der Waals surface area contributed by atoms with E-state index in [9.17, 15) is 18.3 Å². The van der Waals surface area contributed by atoms with Crippen molar-refractivity contribution in [1.29, 1.82) is 0 Å². The van der Waals surface area contributed by atoms with Crippen LogP contribution in [0.15, 0.2) is 64.6 Å². The average molecular weight is 446 g/mol. The maximum Gasteiger partial charge on any atom is 0.333 e. The molecule has 0 aliphatic heterocycles. The third-order valence-corrected chi connectivity index (χ3v) is 7.49. The molecule has 30 heavy (non-hydrogen) atoms. The second-order valence-electron chi connectivity index (χ2n) is 7.88. The van der Waals surface area contributed by atoms with Gasteiger partial charge < -0.3 is 5.11 Å². The summed E-state index contributed by atoms with van der Waals surface area (Å²) in [4.78, 5) is 12.2. The predicted molar refractivity (Wildman–Crippen MR) is 119 cm³/mol. The molecule has 1 aliphatic carbocycles. The summed E-state index contributed by atoms with van der Waals surface area (Å²) in [5.41, 5.74) is 2.14. The number of aryl methyl sites for hydroxylation is 2. The lowest BCUT2D eigenvalue weighted by molar-refractivity contribution is -0.133. The maximum atomic E-state index is 13.3. The van der Waals surface area contributed by atoms with Gasteiger partial charge in [0.1, 0.15) is 0 Å². The fraction of sp³-hybridized carbons (Fsp3) is 0.261. The van der Waals surface area contributed by atoms with Gasteiger partial charge in [0.05, 0.1) is 16.0 Å². The van der Waals surface area contributed by atoms with Crippen molar-refractivity contribution >= 4 is 33.2 Å². The summed E-state index contributed by atoms with van der Waals surface area (Å²) in [6.45, 7) is 6.70. The molecule has 7 heteroatoms. The Hall–Kier alpha value is -2.41. The molecule has 1 unspecified atom stereocenters. The van der Waals surface area contributed by atoms with Crippen LogP contribution in [0.3, 0.4) is 0 Å². The van der Waals surface area contributed by atoms with Crippen molar-refractivity contribution in [3.63, 3.8) is 0 Å². The Labute approximate surface area is 182 Å². The van der Waals surface area contributed by atoms with Crippen LogP contribution in [-0.2, 0) is 14.8 Å². The highest BCUT2D eigenvalue weighted by molar-refractivity contribution is 7.89. The number of carbonyl (C=O) groups is 1. The van der Waals surface area contributed by atoms with Crippen molar-refractivity contribution in [2.45, 2.75) is 44.6 Å². The highest BCUT2D eigenvalue weighted by Crippen LogP contribution is 2.39. The quantitative estimate of drug-likeness (QED) is 0.686. The van der Waals surface area contributed by atoms with E-state index in [4.69, 9.17) is 11.6 Å². The van der Waals surface area contributed by atoms with Crippen LogP contribution < -0.4 is 4.72 Å². The molecule has 1 aliphatic rings. The lowest BCUT2D eigenvalue weighted by Gasteiger charge is -2.36. The van der Waals surface area contributed by atoms with E-state index in [2.05, 4.69) is 4.72 Å². The zero-order chi connectivity index (χ0) is 22.3. The minimum Gasteiger partial charge on any atom is -0.478 e. The Morgan fingerprint density at radius 3 is 2.33 bits per heavy atom. The third kappa shape index (κ3) is 4.21. The van der Waals surface area contributed by atoms with Gasteiger partial charge in [-0.2, -0.15) is 0 Å². The van der Waals surface area contributed by atoms with E-state index in [1.165, 1.54) is 6.07 Å². The predicted octanol–water partition coefficient (Wildman–Crippen LogP) is 4.88. The van der Waals surface area contributed by atoms with Gasteiger partial charge in [-0.05, 0) is 74.1 Å². The number of hydrogen-bond donors (Lipinski definition) is 2. The molecule has 5 nitrogen and oxygen atoms in total. The van der Waals surface area contributed by atoms with E-state index in [0.29, 0.717) is 21.7 Å². The van der Waals surface area contributed by atoms with Gasteiger partial charge in [-0.15, -0.1) is 0 Å². The monoisotopic (exact) mass is 445 g/mol. The highest BCUT2D eigenvalue weighted by Gasteiger charge is 2.42. The first-order chi connectivity index (χ1) is 13.9. The second kappa shape index (κ2) is 8.02. The number of hydrogen-bond acceptors (Lipinski definition) is 3. The molecule has 158 valence electrons. The molecule has 2 aromatic carbocycles. The van der Waals surface area contributed by atoms with Crippen LogP contribution in [0.25, 0.3) is 5.57 Å². The van der Waals surface area contributed by atoms with Crippen molar-refractivity contribution in [2.24, 2.45) is 0 Å². The van der Waals surface area contributed by atoms with Crippen LogP contribution >= 0.6 is 11.6 Å². The zero-order valence-corrected chi connectivity index (χ0v) is 18.9. The lowest BCUT2D eigenvalue weighted by Crippen LogP contribution is -2.50. The molecule has 0 fully saturated rings. The topological polar surface area (TPSA) is 83.5 Å². The van der Waals surface area contributed by atoms with Gasteiger partial charge in [0.25, 0.3) is 0 Å². The number of carboxylic acid groups (broad SMARTS) is 1. The van der Waals surface area contributed by atoms with Crippen LogP contribution in [-0.4, -0.2) is 25.0 Å². The molecule has 0 spiro atoms. The number of allylic oxidation sites excluding steroid dienone is 2. The molecule has 3 rings (SSSR count). The Morgan fingerprint density at radius 2 is 1.73 bits per heavy atom. The van der Waals surface area contributed by atoms with Crippen molar-refractivity contribution in [1.82, 2.24) is 4.72 Å². The summed E-state index contributed by atoms with van der Waals surface area (Å²) >= 11 is 6.12. The minimum absolute atomic E-state index is 0.0362. The Morgan fingerprint density at radius 1 is 1.10 bits per heavy atom. The van der Waals surface area contributed by atoms with Crippen LogP contribution in [0.2, 0.25) is 5.02 Å². The first-order valence-corrected chi connectivity index (χ1v) is 11.3. The Balaban J connectivity index is 2.10. The van der Waals surface area contributed by atoms with Crippen molar-refractivity contribution < 1.29 is 18.3 Å². The molecule has 0 radical (unpaired) electrons. The first-order valence-electron chi connectivity index (χ1n) is 9.46. The summed E-state index contributed by atoms with van der Waals surface area (Å²) in [5, 5.41) is 10.3.